The fourth-order valence-electron chi connectivity index (χ4n) is 3.56. The molecule has 3 heterocycles. The van der Waals surface area contributed by atoms with Gasteiger partial charge in [-0.15, -0.1) is 0 Å². The highest BCUT2D eigenvalue weighted by Gasteiger charge is 2.38. The number of aliphatic carboxylic acids is 2. The number of nitrogens with zero attached hydrogens (tertiary/aromatic N) is 3. The molecular formula is C24H25BrF6N4O6. The summed E-state index contributed by atoms with van der Waals surface area (Å²) in [5.74, 6) is -3.88. The Morgan fingerprint density at radius 1 is 1.05 bits per heavy atom. The molecule has 0 amide bonds. The molecule has 0 saturated carbocycles. The van der Waals surface area contributed by atoms with Gasteiger partial charge in [-0.3, -0.25) is 4.90 Å². The maximum Gasteiger partial charge on any atom is 0.490 e. The van der Waals surface area contributed by atoms with Crippen molar-refractivity contribution >= 4 is 39.0 Å². The number of pyridine rings is 1. The van der Waals surface area contributed by atoms with E-state index in [1.54, 1.807) is 6.20 Å². The van der Waals surface area contributed by atoms with Crippen LogP contribution in [0, 0.1) is 0 Å². The summed E-state index contributed by atoms with van der Waals surface area (Å²) in [4.78, 5) is 32.3. The smallest absolute Gasteiger partial charge is 0.490 e. The highest BCUT2D eigenvalue weighted by atomic mass is 79.9. The van der Waals surface area contributed by atoms with Crippen LogP contribution in [0.2, 0.25) is 0 Å². The monoisotopic (exact) mass is 658 g/mol. The number of carbonyl (C=O) groups is 2. The Bertz CT molecular complexity index is 1260. The van der Waals surface area contributed by atoms with Crippen LogP contribution < -0.4 is 4.74 Å². The number of carboxylic acids is 2. The maximum absolute atomic E-state index is 10.6. The number of H-pyrrole nitrogens is 1. The Labute approximate surface area is 237 Å². The van der Waals surface area contributed by atoms with Gasteiger partial charge < -0.3 is 25.0 Å². The number of fused-ring (bicyclic) bond motifs is 1. The van der Waals surface area contributed by atoms with Crippen LogP contribution >= 0.6 is 15.9 Å². The van der Waals surface area contributed by atoms with Gasteiger partial charge in [-0.25, -0.2) is 19.6 Å². The molecule has 0 bridgehead atoms. The molecule has 10 nitrogen and oxygen atoms in total. The first-order chi connectivity index (χ1) is 19.1. The molecule has 0 aliphatic carbocycles. The van der Waals surface area contributed by atoms with E-state index >= 15 is 0 Å². The number of halogens is 7. The number of alkyl halides is 6. The maximum atomic E-state index is 10.6. The number of aliphatic hydroxyl groups excluding tert-OH is 1. The molecule has 1 aromatic carbocycles. The molecular weight excluding hydrogens is 634 g/mol. The molecule has 1 aliphatic heterocycles. The van der Waals surface area contributed by atoms with Gasteiger partial charge in [0.2, 0.25) is 0 Å². The summed E-state index contributed by atoms with van der Waals surface area (Å²) >= 11 is 3.42. The molecule has 41 heavy (non-hydrogen) atoms. The number of aromatic amines is 1. The van der Waals surface area contributed by atoms with Crippen molar-refractivity contribution in [1.82, 2.24) is 19.9 Å². The number of carboxylic acid groups (broad SMARTS) is 2. The van der Waals surface area contributed by atoms with Gasteiger partial charge in [-0.05, 0) is 65.6 Å². The van der Waals surface area contributed by atoms with Crippen LogP contribution in [0.4, 0.5) is 26.3 Å². The van der Waals surface area contributed by atoms with Gasteiger partial charge in [0.05, 0.1) is 12.1 Å². The van der Waals surface area contributed by atoms with E-state index in [0.29, 0.717) is 12.3 Å². The fourth-order valence-corrected chi connectivity index (χ4v) is 3.89. The van der Waals surface area contributed by atoms with Crippen LogP contribution in [-0.2, 0) is 9.59 Å². The summed E-state index contributed by atoms with van der Waals surface area (Å²) in [6.45, 7) is 2.75. The van der Waals surface area contributed by atoms with E-state index in [9.17, 15) is 31.4 Å². The Morgan fingerprint density at radius 3 is 2.17 bits per heavy atom. The average Bonchev–Trinajstić information content (AvgIpc) is 3.32. The van der Waals surface area contributed by atoms with Gasteiger partial charge in [0.15, 0.2) is 5.65 Å². The normalized spacial score (nSPS) is 15.8. The van der Waals surface area contributed by atoms with Crippen LogP contribution in [0.15, 0.2) is 41.0 Å². The minimum absolute atomic E-state index is 0.234. The van der Waals surface area contributed by atoms with E-state index in [4.69, 9.17) is 24.5 Å². The van der Waals surface area contributed by atoms with Crippen molar-refractivity contribution in [1.29, 1.82) is 0 Å². The number of hydrogen-bond acceptors (Lipinski definition) is 7. The molecule has 1 aliphatic rings. The minimum atomic E-state index is -5.08. The second-order valence-corrected chi connectivity index (χ2v) is 9.37. The predicted octanol–water partition coefficient (Wildman–Crippen LogP) is 4.88. The molecule has 0 spiro atoms. The van der Waals surface area contributed by atoms with E-state index in [2.05, 4.69) is 35.8 Å². The molecule has 3 aromatic rings. The van der Waals surface area contributed by atoms with Crippen LogP contribution in [0.3, 0.4) is 0 Å². The number of benzene rings is 1. The van der Waals surface area contributed by atoms with Crippen LogP contribution in [-0.4, -0.2) is 91.8 Å². The number of aromatic nitrogens is 3. The molecule has 1 fully saturated rings. The van der Waals surface area contributed by atoms with E-state index in [0.717, 1.165) is 46.6 Å². The van der Waals surface area contributed by atoms with Crippen molar-refractivity contribution in [3.05, 3.63) is 41.0 Å². The SMILES string of the molecule is O=C(O)C(F)(F)F.O=C(O)C(F)(F)F.OCC1CCCCN1CCOc1ccc(-c2nc3ncc(Br)cc3[nH]2)cc1. The van der Waals surface area contributed by atoms with E-state index in [1.807, 2.05) is 30.3 Å². The number of aliphatic hydroxyl groups is 1. The molecule has 1 atom stereocenters. The molecule has 4 N–H and O–H groups in total. The number of nitrogens with one attached hydrogen (secondary N) is 1. The summed E-state index contributed by atoms with van der Waals surface area (Å²) in [5.41, 5.74) is 2.60. The Kier molecular flexibility index (Phi) is 12.3. The van der Waals surface area contributed by atoms with Crippen molar-refractivity contribution in [2.75, 3.05) is 26.3 Å². The van der Waals surface area contributed by atoms with Crippen LogP contribution in [0.25, 0.3) is 22.6 Å². The molecule has 4 rings (SSSR count). The lowest BCUT2D eigenvalue weighted by Gasteiger charge is -2.34. The van der Waals surface area contributed by atoms with Crippen molar-refractivity contribution < 1.29 is 56.0 Å². The zero-order valence-corrected chi connectivity index (χ0v) is 22.6. The first kappa shape index (κ1) is 33.8. The van der Waals surface area contributed by atoms with Gasteiger partial charge >= 0.3 is 24.3 Å². The molecule has 17 heteroatoms. The quantitative estimate of drug-likeness (QED) is 0.272. The van der Waals surface area contributed by atoms with Gasteiger partial charge in [0.1, 0.15) is 18.2 Å². The van der Waals surface area contributed by atoms with Crippen molar-refractivity contribution in [2.45, 2.75) is 37.7 Å². The lowest BCUT2D eigenvalue weighted by molar-refractivity contribution is -0.193. The summed E-state index contributed by atoms with van der Waals surface area (Å²) in [6, 6.07) is 10.2. The molecule has 2 aromatic heterocycles. The lowest BCUT2D eigenvalue weighted by atomic mass is 10.0. The third-order valence-electron chi connectivity index (χ3n) is 5.52. The molecule has 1 unspecified atom stereocenters. The average molecular weight is 659 g/mol. The van der Waals surface area contributed by atoms with Gasteiger partial charge in [0.25, 0.3) is 0 Å². The largest absolute Gasteiger partial charge is 0.492 e. The number of piperidine rings is 1. The zero-order valence-electron chi connectivity index (χ0n) is 21.0. The van der Waals surface area contributed by atoms with Crippen LogP contribution in [0.5, 0.6) is 5.75 Å². The Hall–Kier alpha value is -3.44. The van der Waals surface area contributed by atoms with Crippen molar-refractivity contribution in [3.8, 4) is 17.1 Å². The van der Waals surface area contributed by atoms with Gasteiger partial charge in [-0.2, -0.15) is 26.3 Å². The van der Waals surface area contributed by atoms with Gasteiger partial charge in [0, 0.05) is 28.8 Å². The third-order valence-corrected chi connectivity index (χ3v) is 5.96. The minimum Gasteiger partial charge on any atom is -0.492 e. The van der Waals surface area contributed by atoms with Crippen molar-refractivity contribution in [2.24, 2.45) is 0 Å². The van der Waals surface area contributed by atoms with Gasteiger partial charge in [-0.1, -0.05) is 6.42 Å². The zero-order chi connectivity index (χ0) is 30.8. The fraction of sp³-hybridized carbons (Fsp3) is 0.417. The predicted molar refractivity (Wildman–Crippen MR) is 136 cm³/mol. The topological polar surface area (TPSA) is 149 Å². The second-order valence-electron chi connectivity index (χ2n) is 8.46. The molecule has 0 radical (unpaired) electrons. The summed E-state index contributed by atoms with van der Waals surface area (Å²) in [6.07, 6.45) is -4.94. The first-order valence-electron chi connectivity index (χ1n) is 11.8. The Morgan fingerprint density at radius 2 is 1.63 bits per heavy atom. The molecule has 226 valence electrons. The number of likely N-dealkylation sites (tertiary alicyclic amines) is 1. The molecule has 1 saturated heterocycles. The second kappa shape index (κ2) is 15.0. The summed E-state index contributed by atoms with van der Waals surface area (Å²) < 4.78 is 70.3. The highest BCUT2D eigenvalue weighted by molar-refractivity contribution is 9.10. The van der Waals surface area contributed by atoms with E-state index in [-0.39, 0.29) is 12.6 Å². The lowest BCUT2D eigenvalue weighted by Crippen LogP contribution is -2.43. The third kappa shape index (κ3) is 11.2. The van der Waals surface area contributed by atoms with Crippen molar-refractivity contribution in [3.63, 3.8) is 0 Å². The Balaban J connectivity index is 0.000000349. The number of imidazole rings is 1. The number of hydrogen-bond donors (Lipinski definition) is 4. The van der Waals surface area contributed by atoms with E-state index in [1.165, 1.54) is 12.8 Å². The first-order valence-corrected chi connectivity index (χ1v) is 12.6. The standard InChI is InChI=1S/C20H23BrN4O2.2C2HF3O2/c21-15-11-18-20(22-12-15)24-19(23-18)14-4-6-17(7-5-14)27-10-9-25-8-2-1-3-16(25)13-26;2*3-2(4,5)1(6)7/h4-7,11-12,16,26H,1-3,8-10,13H2,(H,22,23,24);2*(H,6,7). The number of ether oxygens (including phenoxy) is 1. The highest BCUT2D eigenvalue weighted by Crippen LogP contribution is 2.24. The summed E-state index contributed by atoms with van der Waals surface area (Å²) in [7, 11) is 0. The number of rotatable bonds is 6. The van der Waals surface area contributed by atoms with Crippen LogP contribution in [0.1, 0.15) is 19.3 Å². The van der Waals surface area contributed by atoms with E-state index < -0.39 is 24.3 Å². The summed E-state index contributed by atoms with van der Waals surface area (Å²) in [5, 5.41) is 23.7.